The zero-order valence-corrected chi connectivity index (χ0v) is 19.3. The molecule has 0 aliphatic carbocycles. The highest BCUT2D eigenvalue weighted by molar-refractivity contribution is 5.86. The van der Waals surface area contributed by atoms with Crippen LogP contribution >= 0.6 is 12.4 Å². The molecule has 1 aliphatic heterocycles. The Morgan fingerprint density at radius 3 is 2.62 bits per heavy atom. The minimum absolute atomic E-state index is 0. The minimum atomic E-state index is -4.79. The van der Waals surface area contributed by atoms with Gasteiger partial charge in [-0.25, -0.2) is 4.39 Å². The number of hydrogen-bond acceptors (Lipinski definition) is 3. The van der Waals surface area contributed by atoms with Gasteiger partial charge in [0.1, 0.15) is 12.4 Å². The summed E-state index contributed by atoms with van der Waals surface area (Å²) in [5, 5.41) is 5.73. The second-order valence-corrected chi connectivity index (χ2v) is 8.22. The van der Waals surface area contributed by atoms with Crippen molar-refractivity contribution >= 4 is 29.1 Å². The van der Waals surface area contributed by atoms with Crippen LogP contribution in [0.1, 0.15) is 29.7 Å². The molecule has 1 aliphatic rings. The first-order chi connectivity index (χ1) is 15.7. The van der Waals surface area contributed by atoms with E-state index < -0.39 is 17.6 Å². The largest absolute Gasteiger partial charge is 0.419 e. The molecule has 0 aromatic heterocycles. The Balaban J connectivity index is 0.00000324. The Kier molecular flexibility index (Phi) is 8.17. The van der Waals surface area contributed by atoms with E-state index in [-0.39, 0.29) is 55.7 Å². The summed E-state index contributed by atoms with van der Waals surface area (Å²) in [7, 11) is 0. The lowest BCUT2D eigenvalue weighted by molar-refractivity contribution is -0.149. The molecule has 9 heteroatoms. The third-order valence-corrected chi connectivity index (χ3v) is 5.87. The van der Waals surface area contributed by atoms with Crippen molar-refractivity contribution in [2.75, 3.05) is 19.7 Å². The number of amides is 1. The average Bonchev–Trinajstić information content (AvgIpc) is 2.79. The first-order valence-corrected chi connectivity index (χ1v) is 10.7. The minimum Gasteiger partial charge on any atom is -0.365 e. The highest BCUT2D eigenvalue weighted by Gasteiger charge is 2.34. The van der Waals surface area contributed by atoms with Gasteiger partial charge in [-0.2, -0.15) is 13.2 Å². The molecule has 1 N–H and O–H groups in total. The standard InChI is InChI=1S/C25H24F4N2O2.ClH/c1-16(20-8-4-6-18-5-2-3-7-21(18)20)30-12-19-14-31(24(32)15-33-19)13-17-9-10-23(26)22(11-17)25(27,28)29;/h2-11,16,19,30H,12-15H2,1H3;1H/t16-,19?;/m1./s1. The van der Waals surface area contributed by atoms with E-state index in [0.717, 1.165) is 28.5 Å². The molecular formula is C25H25ClF4N2O2. The number of hydrogen-bond donors (Lipinski definition) is 1. The third-order valence-electron chi connectivity index (χ3n) is 5.87. The molecule has 34 heavy (non-hydrogen) atoms. The van der Waals surface area contributed by atoms with Gasteiger partial charge in [0.2, 0.25) is 5.91 Å². The molecule has 0 radical (unpaired) electrons. The van der Waals surface area contributed by atoms with Crippen LogP contribution in [0.2, 0.25) is 0 Å². The molecule has 1 fully saturated rings. The van der Waals surface area contributed by atoms with E-state index in [0.29, 0.717) is 6.54 Å². The summed E-state index contributed by atoms with van der Waals surface area (Å²) in [6.45, 7) is 2.55. The molecule has 1 heterocycles. The van der Waals surface area contributed by atoms with Gasteiger partial charge >= 0.3 is 6.18 Å². The molecular weight excluding hydrogens is 472 g/mol. The summed E-state index contributed by atoms with van der Waals surface area (Å²) in [6, 6.07) is 17.1. The summed E-state index contributed by atoms with van der Waals surface area (Å²) >= 11 is 0. The molecule has 1 amide bonds. The number of ether oxygens (including phenoxy) is 1. The van der Waals surface area contributed by atoms with Crippen molar-refractivity contribution < 1.29 is 27.1 Å². The Morgan fingerprint density at radius 1 is 1.12 bits per heavy atom. The van der Waals surface area contributed by atoms with E-state index in [1.165, 1.54) is 11.0 Å². The van der Waals surface area contributed by atoms with Crippen LogP contribution in [0.3, 0.4) is 0 Å². The Labute approximate surface area is 201 Å². The molecule has 3 aromatic rings. The molecule has 3 aromatic carbocycles. The predicted molar refractivity (Wildman–Crippen MR) is 124 cm³/mol. The number of morpholine rings is 1. The van der Waals surface area contributed by atoms with Gasteiger partial charge < -0.3 is 15.0 Å². The van der Waals surface area contributed by atoms with Crippen molar-refractivity contribution in [3.63, 3.8) is 0 Å². The van der Waals surface area contributed by atoms with Crippen molar-refractivity contribution in [1.82, 2.24) is 10.2 Å². The first-order valence-electron chi connectivity index (χ1n) is 10.7. The predicted octanol–water partition coefficient (Wildman–Crippen LogP) is 5.50. The third kappa shape index (κ3) is 5.87. The molecule has 1 saturated heterocycles. The van der Waals surface area contributed by atoms with Gasteiger partial charge in [-0.1, -0.05) is 48.5 Å². The fourth-order valence-electron chi connectivity index (χ4n) is 4.11. The number of nitrogens with zero attached hydrogens (tertiary/aromatic N) is 1. The number of rotatable bonds is 6. The van der Waals surface area contributed by atoms with Crippen molar-refractivity contribution in [3.05, 3.63) is 83.2 Å². The van der Waals surface area contributed by atoms with Gasteiger partial charge in [0.25, 0.3) is 0 Å². The van der Waals surface area contributed by atoms with Gasteiger partial charge in [0.15, 0.2) is 0 Å². The zero-order valence-electron chi connectivity index (χ0n) is 18.4. The summed E-state index contributed by atoms with van der Waals surface area (Å²) in [4.78, 5) is 13.7. The van der Waals surface area contributed by atoms with E-state index in [1.807, 2.05) is 25.1 Å². The fraction of sp³-hybridized carbons (Fsp3) is 0.320. The summed E-state index contributed by atoms with van der Waals surface area (Å²) in [5.41, 5.74) is 0.0282. The van der Waals surface area contributed by atoms with Crippen LogP contribution in [0.25, 0.3) is 10.8 Å². The molecule has 4 rings (SSSR count). The molecule has 0 saturated carbocycles. The van der Waals surface area contributed by atoms with Crippen LogP contribution in [0.5, 0.6) is 0 Å². The van der Waals surface area contributed by atoms with E-state index in [1.54, 1.807) is 0 Å². The summed E-state index contributed by atoms with van der Waals surface area (Å²) in [5.74, 6) is -1.64. The van der Waals surface area contributed by atoms with Gasteiger partial charge in [0.05, 0.1) is 11.7 Å². The number of carbonyl (C=O) groups excluding carboxylic acids is 1. The number of benzene rings is 3. The molecule has 182 valence electrons. The molecule has 0 spiro atoms. The molecule has 2 atom stereocenters. The van der Waals surface area contributed by atoms with E-state index >= 15 is 0 Å². The lowest BCUT2D eigenvalue weighted by atomic mass is 9.99. The van der Waals surface area contributed by atoms with E-state index in [4.69, 9.17) is 4.74 Å². The lowest BCUT2D eigenvalue weighted by Gasteiger charge is -2.33. The van der Waals surface area contributed by atoms with Gasteiger partial charge in [-0.05, 0) is 41.0 Å². The number of nitrogens with one attached hydrogen (secondary N) is 1. The second kappa shape index (κ2) is 10.7. The zero-order chi connectivity index (χ0) is 23.6. The van der Waals surface area contributed by atoms with Crippen LogP contribution in [0.4, 0.5) is 17.6 Å². The SMILES string of the molecule is C[C@@H](NCC1CN(Cc2ccc(F)c(C(F)(F)F)c2)C(=O)CO1)c1cccc2ccccc12.Cl. The van der Waals surface area contributed by atoms with Crippen molar-refractivity contribution in [3.8, 4) is 0 Å². The Bertz CT molecular complexity index is 1150. The quantitative estimate of drug-likeness (QED) is 0.458. The first kappa shape index (κ1) is 25.9. The molecule has 4 nitrogen and oxygen atoms in total. The lowest BCUT2D eigenvalue weighted by Crippen LogP contribution is -2.49. The van der Waals surface area contributed by atoms with Gasteiger partial charge in [-0.3, -0.25) is 4.79 Å². The van der Waals surface area contributed by atoms with E-state index in [2.05, 4.69) is 29.6 Å². The van der Waals surface area contributed by atoms with Crippen molar-refractivity contribution in [1.29, 1.82) is 0 Å². The number of carbonyl (C=O) groups is 1. The maximum absolute atomic E-state index is 13.6. The van der Waals surface area contributed by atoms with Crippen molar-refractivity contribution in [2.24, 2.45) is 0 Å². The van der Waals surface area contributed by atoms with Crippen LogP contribution in [-0.4, -0.2) is 36.6 Å². The monoisotopic (exact) mass is 496 g/mol. The number of fused-ring (bicyclic) bond motifs is 1. The highest BCUT2D eigenvalue weighted by atomic mass is 35.5. The maximum Gasteiger partial charge on any atom is 0.419 e. The fourth-order valence-corrected chi connectivity index (χ4v) is 4.11. The molecule has 1 unspecified atom stereocenters. The smallest absolute Gasteiger partial charge is 0.365 e. The van der Waals surface area contributed by atoms with Crippen LogP contribution in [0.15, 0.2) is 60.7 Å². The number of alkyl halides is 3. The average molecular weight is 497 g/mol. The highest BCUT2D eigenvalue weighted by Crippen LogP contribution is 2.32. The van der Waals surface area contributed by atoms with Gasteiger partial charge in [-0.15, -0.1) is 12.4 Å². The van der Waals surface area contributed by atoms with E-state index in [9.17, 15) is 22.4 Å². The van der Waals surface area contributed by atoms with Gasteiger partial charge in [0, 0.05) is 25.7 Å². The molecule has 0 bridgehead atoms. The van der Waals surface area contributed by atoms with Crippen LogP contribution in [0, 0.1) is 5.82 Å². The van der Waals surface area contributed by atoms with Crippen molar-refractivity contribution in [2.45, 2.75) is 31.8 Å². The maximum atomic E-state index is 13.6. The Morgan fingerprint density at radius 2 is 1.85 bits per heavy atom. The van der Waals surface area contributed by atoms with Crippen LogP contribution in [-0.2, 0) is 22.3 Å². The number of halogens is 5. The summed E-state index contributed by atoms with van der Waals surface area (Å²) in [6.07, 6.45) is -5.11. The topological polar surface area (TPSA) is 41.6 Å². The Hall–Kier alpha value is -2.68. The van der Waals surface area contributed by atoms with Crippen LogP contribution < -0.4 is 5.32 Å². The normalized spacial score (nSPS) is 17.5. The summed E-state index contributed by atoms with van der Waals surface area (Å²) < 4.78 is 58.2. The second-order valence-electron chi connectivity index (χ2n) is 8.22.